The fraction of sp³-hybridized carbons (Fsp3) is 0.500. The minimum Gasteiger partial charge on any atom is -0.484 e. The number of amides is 1. The summed E-state index contributed by atoms with van der Waals surface area (Å²) >= 11 is 0. The van der Waals surface area contributed by atoms with Crippen molar-refractivity contribution in [2.24, 2.45) is 0 Å². The van der Waals surface area contributed by atoms with Crippen molar-refractivity contribution >= 4 is 5.91 Å². The molecule has 112 valence electrons. The molecule has 1 saturated carbocycles. The van der Waals surface area contributed by atoms with E-state index in [2.05, 4.69) is 23.3 Å². The Kier molecular flexibility index (Phi) is 5.59. The van der Waals surface area contributed by atoms with Gasteiger partial charge in [0.1, 0.15) is 5.75 Å². The molecule has 0 aromatic heterocycles. The smallest absolute Gasteiger partial charge is 0.257 e. The number of nitriles is 1. The number of carbonyl (C=O) groups excluding carboxylic acids is 1. The summed E-state index contributed by atoms with van der Waals surface area (Å²) < 4.78 is 5.41. The first-order valence-corrected chi connectivity index (χ1v) is 7.24. The minimum absolute atomic E-state index is 0.0186. The molecule has 1 aromatic carbocycles. The van der Waals surface area contributed by atoms with Crippen LogP contribution in [-0.2, 0) is 11.2 Å². The third-order valence-corrected chi connectivity index (χ3v) is 3.53. The maximum absolute atomic E-state index is 11.7. The van der Waals surface area contributed by atoms with Gasteiger partial charge < -0.3 is 15.0 Å². The number of rotatable bonds is 8. The van der Waals surface area contributed by atoms with E-state index in [0.717, 1.165) is 12.1 Å². The van der Waals surface area contributed by atoms with Crippen molar-refractivity contribution in [1.29, 1.82) is 5.26 Å². The van der Waals surface area contributed by atoms with Crippen molar-refractivity contribution in [1.82, 2.24) is 10.2 Å². The molecular weight excluding hydrogens is 266 g/mol. The lowest BCUT2D eigenvalue weighted by Crippen LogP contribution is -2.36. The van der Waals surface area contributed by atoms with Gasteiger partial charge in [-0.05, 0) is 37.6 Å². The number of hydrogen-bond acceptors (Lipinski definition) is 4. The van der Waals surface area contributed by atoms with Gasteiger partial charge in [-0.25, -0.2) is 0 Å². The minimum atomic E-state index is -0.111. The summed E-state index contributed by atoms with van der Waals surface area (Å²) in [5, 5.41) is 11.4. The summed E-state index contributed by atoms with van der Waals surface area (Å²) in [7, 11) is 2.09. The Hall–Kier alpha value is -2.06. The van der Waals surface area contributed by atoms with Crippen molar-refractivity contribution in [3.05, 3.63) is 29.8 Å². The SMILES string of the molecule is CN(CCNC(=O)COc1ccc(CC#N)cc1)C1CC1. The number of carbonyl (C=O) groups is 1. The van der Waals surface area contributed by atoms with Crippen molar-refractivity contribution in [3.8, 4) is 11.8 Å². The van der Waals surface area contributed by atoms with Gasteiger partial charge in [0.25, 0.3) is 5.91 Å². The lowest BCUT2D eigenvalue weighted by atomic mass is 10.2. The summed E-state index contributed by atoms with van der Waals surface area (Å²) in [6.07, 6.45) is 2.93. The van der Waals surface area contributed by atoms with Crippen LogP contribution in [0.1, 0.15) is 18.4 Å². The van der Waals surface area contributed by atoms with Crippen molar-refractivity contribution in [2.45, 2.75) is 25.3 Å². The fourth-order valence-corrected chi connectivity index (χ4v) is 2.06. The Morgan fingerprint density at radius 3 is 2.76 bits per heavy atom. The Labute approximate surface area is 125 Å². The first kappa shape index (κ1) is 15.3. The Balaban J connectivity index is 1.62. The quantitative estimate of drug-likeness (QED) is 0.783. The first-order chi connectivity index (χ1) is 10.2. The summed E-state index contributed by atoms with van der Waals surface area (Å²) in [6, 6.07) is 10.0. The van der Waals surface area contributed by atoms with E-state index in [-0.39, 0.29) is 12.5 Å². The number of hydrogen-bond donors (Lipinski definition) is 1. The molecule has 5 nitrogen and oxygen atoms in total. The molecule has 0 radical (unpaired) electrons. The fourth-order valence-electron chi connectivity index (χ4n) is 2.06. The summed E-state index contributed by atoms with van der Waals surface area (Å²) in [5.41, 5.74) is 0.942. The summed E-state index contributed by atoms with van der Waals surface area (Å²) in [6.45, 7) is 1.54. The van der Waals surface area contributed by atoms with Crippen LogP contribution >= 0.6 is 0 Å². The van der Waals surface area contributed by atoms with Crippen LogP contribution < -0.4 is 10.1 Å². The molecule has 1 fully saturated rings. The van der Waals surface area contributed by atoms with Gasteiger partial charge in [-0.15, -0.1) is 0 Å². The zero-order valence-electron chi connectivity index (χ0n) is 12.3. The number of likely N-dealkylation sites (N-methyl/N-ethyl adjacent to an activating group) is 1. The van der Waals surface area contributed by atoms with Crippen LogP contribution in [0, 0.1) is 11.3 Å². The molecule has 0 heterocycles. The predicted molar refractivity (Wildman–Crippen MR) is 79.9 cm³/mol. The molecule has 5 heteroatoms. The van der Waals surface area contributed by atoms with Crippen LogP contribution in [0.15, 0.2) is 24.3 Å². The molecule has 0 bridgehead atoms. The van der Waals surface area contributed by atoms with E-state index in [1.54, 1.807) is 12.1 Å². The normalized spacial score (nSPS) is 13.8. The highest BCUT2D eigenvalue weighted by molar-refractivity contribution is 5.77. The van der Waals surface area contributed by atoms with Gasteiger partial charge in [0.05, 0.1) is 12.5 Å². The summed E-state index contributed by atoms with van der Waals surface area (Å²) in [5.74, 6) is 0.530. The number of benzene rings is 1. The van der Waals surface area contributed by atoms with E-state index in [0.29, 0.717) is 24.8 Å². The van der Waals surface area contributed by atoms with Gasteiger partial charge in [0, 0.05) is 19.1 Å². The van der Waals surface area contributed by atoms with Gasteiger partial charge in [0.2, 0.25) is 0 Å². The van der Waals surface area contributed by atoms with E-state index < -0.39 is 0 Å². The molecular formula is C16H21N3O2. The Morgan fingerprint density at radius 2 is 2.14 bits per heavy atom. The van der Waals surface area contributed by atoms with Crippen molar-refractivity contribution in [3.63, 3.8) is 0 Å². The molecule has 0 spiro atoms. The maximum atomic E-state index is 11.7. The highest BCUT2D eigenvalue weighted by atomic mass is 16.5. The molecule has 1 N–H and O–H groups in total. The van der Waals surface area contributed by atoms with Crippen LogP contribution in [-0.4, -0.2) is 43.6 Å². The van der Waals surface area contributed by atoms with Gasteiger partial charge in [-0.2, -0.15) is 5.26 Å². The highest BCUT2D eigenvalue weighted by Crippen LogP contribution is 2.24. The zero-order chi connectivity index (χ0) is 15.1. The second-order valence-electron chi connectivity index (χ2n) is 5.33. The van der Waals surface area contributed by atoms with Gasteiger partial charge in [0.15, 0.2) is 6.61 Å². The van der Waals surface area contributed by atoms with Gasteiger partial charge in [-0.1, -0.05) is 12.1 Å². The largest absolute Gasteiger partial charge is 0.484 e. The molecule has 21 heavy (non-hydrogen) atoms. The lowest BCUT2D eigenvalue weighted by Gasteiger charge is -2.15. The molecule has 0 atom stereocenters. The number of nitrogens with zero attached hydrogens (tertiary/aromatic N) is 2. The second kappa shape index (κ2) is 7.65. The molecule has 0 aliphatic heterocycles. The van der Waals surface area contributed by atoms with E-state index in [9.17, 15) is 4.79 Å². The molecule has 1 amide bonds. The van der Waals surface area contributed by atoms with Gasteiger partial charge in [-0.3, -0.25) is 4.79 Å². The topological polar surface area (TPSA) is 65.4 Å². The molecule has 1 aliphatic carbocycles. The van der Waals surface area contributed by atoms with Crippen molar-refractivity contribution in [2.75, 3.05) is 26.7 Å². The average Bonchev–Trinajstić information content (AvgIpc) is 3.31. The lowest BCUT2D eigenvalue weighted by molar-refractivity contribution is -0.123. The summed E-state index contributed by atoms with van der Waals surface area (Å²) in [4.78, 5) is 13.9. The zero-order valence-corrected chi connectivity index (χ0v) is 12.3. The molecule has 0 saturated heterocycles. The first-order valence-electron chi connectivity index (χ1n) is 7.24. The van der Waals surface area contributed by atoms with Gasteiger partial charge >= 0.3 is 0 Å². The average molecular weight is 287 g/mol. The maximum Gasteiger partial charge on any atom is 0.257 e. The molecule has 2 rings (SSSR count). The van der Waals surface area contributed by atoms with Crippen LogP contribution in [0.25, 0.3) is 0 Å². The predicted octanol–water partition coefficient (Wildman–Crippen LogP) is 1.34. The van der Waals surface area contributed by atoms with Crippen LogP contribution in [0.2, 0.25) is 0 Å². The third kappa shape index (κ3) is 5.44. The Morgan fingerprint density at radius 1 is 1.43 bits per heavy atom. The van der Waals surface area contributed by atoms with Crippen LogP contribution in [0.4, 0.5) is 0 Å². The molecule has 0 unspecified atom stereocenters. The van der Waals surface area contributed by atoms with Crippen LogP contribution in [0.5, 0.6) is 5.75 Å². The number of nitrogens with one attached hydrogen (secondary N) is 1. The standard InChI is InChI=1S/C16H21N3O2/c1-19(14-4-5-14)11-10-18-16(20)12-21-15-6-2-13(3-7-15)8-9-17/h2-3,6-7,14H,4-5,8,10-12H2,1H3,(H,18,20). The van der Waals surface area contributed by atoms with Crippen molar-refractivity contribution < 1.29 is 9.53 Å². The van der Waals surface area contributed by atoms with Crippen LogP contribution in [0.3, 0.4) is 0 Å². The monoisotopic (exact) mass is 287 g/mol. The van der Waals surface area contributed by atoms with E-state index in [1.807, 2.05) is 12.1 Å². The second-order valence-corrected chi connectivity index (χ2v) is 5.33. The highest BCUT2D eigenvalue weighted by Gasteiger charge is 2.25. The molecule has 1 aliphatic rings. The van der Waals surface area contributed by atoms with E-state index in [1.165, 1.54) is 12.8 Å². The van der Waals surface area contributed by atoms with E-state index >= 15 is 0 Å². The Bertz CT molecular complexity index is 503. The third-order valence-electron chi connectivity index (χ3n) is 3.53. The molecule has 1 aromatic rings. The van der Waals surface area contributed by atoms with E-state index in [4.69, 9.17) is 10.00 Å². The number of ether oxygens (including phenoxy) is 1.